The van der Waals surface area contributed by atoms with Gasteiger partial charge in [0, 0.05) is 6.54 Å². The van der Waals surface area contributed by atoms with Crippen molar-refractivity contribution in [3.8, 4) is 5.75 Å². The van der Waals surface area contributed by atoms with E-state index in [1.165, 1.54) is 6.07 Å². The van der Waals surface area contributed by atoms with Gasteiger partial charge in [-0.2, -0.15) is 0 Å². The third-order valence-corrected chi connectivity index (χ3v) is 3.04. The van der Waals surface area contributed by atoms with Crippen LogP contribution in [0.4, 0.5) is 0 Å². The number of carbonyl (C=O) groups is 1. The number of aryl methyl sites for hydroxylation is 1. The number of hydrogen-bond donors (Lipinski definition) is 3. The van der Waals surface area contributed by atoms with Crippen LogP contribution in [0.2, 0.25) is 0 Å². The van der Waals surface area contributed by atoms with Crippen molar-refractivity contribution < 1.29 is 15.0 Å². The van der Waals surface area contributed by atoms with Crippen molar-refractivity contribution in [1.82, 2.24) is 5.32 Å². The molecule has 0 aliphatic rings. The molecule has 4 heteroatoms. The first-order valence-electron chi connectivity index (χ1n) is 6.39. The Balaban J connectivity index is 2.00. The lowest BCUT2D eigenvalue weighted by atomic mass is 10.1. The summed E-state index contributed by atoms with van der Waals surface area (Å²) in [6, 6.07) is 13.9. The predicted octanol–water partition coefficient (Wildman–Crippen LogP) is 2.16. The molecule has 0 saturated carbocycles. The lowest BCUT2D eigenvalue weighted by Gasteiger charge is -2.13. The van der Waals surface area contributed by atoms with Gasteiger partial charge in [0.05, 0.1) is 11.7 Å². The topological polar surface area (TPSA) is 69.6 Å². The summed E-state index contributed by atoms with van der Waals surface area (Å²) in [5.74, 6) is -0.469. The SMILES string of the molecule is Cc1ccc(O)c(C(=O)NCC(O)c2ccccc2)c1. The van der Waals surface area contributed by atoms with Crippen LogP contribution < -0.4 is 5.32 Å². The second-order valence-corrected chi connectivity index (χ2v) is 4.66. The molecule has 1 unspecified atom stereocenters. The number of phenols is 1. The Morgan fingerprint density at radius 2 is 1.90 bits per heavy atom. The number of carbonyl (C=O) groups excluding carboxylic acids is 1. The molecule has 0 aliphatic carbocycles. The Morgan fingerprint density at radius 1 is 1.20 bits per heavy atom. The zero-order valence-corrected chi connectivity index (χ0v) is 11.2. The first-order chi connectivity index (χ1) is 9.58. The van der Waals surface area contributed by atoms with Gasteiger partial charge in [-0.05, 0) is 24.6 Å². The first-order valence-corrected chi connectivity index (χ1v) is 6.39. The van der Waals surface area contributed by atoms with E-state index in [2.05, 4.69) is 5.32 Å². The molecule has 0 spiro atoms. The Kier molecular flexibility index (Phi) is 4.38. The molecule has 20 heavy (non-hydrogen) atoms. The first kappa shape index (κ1) is 14.1. The predicted molar refractivity (Wildman–Crippen MR) is 76.6 cm³/mol. The Labute approximate surface area is 117 Å². The van der Waals surface area contributed by atoms with Gasteiger partial charge in [-0.1, -0.05) is 42.0 Å². The lowest BCUT2D eigenvalue weighted by Crippen LogP contribution is -2.28. The number of hydrogen-bond acceptors (Lipinski definition) is 3. The van der Waals surface area contributed by atoms with E-state index >= 15 is 0 Å². The Hall–Kier alpha value is -2.33. The van der Waals surface area contributed by atoms with Gasteiger partial charge < -0.3 is 15.5 Å². The highest BCUT2D eigenvalue weighted by atomic mass is 16.3. The molecule has 4 nitrogen and oxygen atoms in total. The third kappa shape index (κ3) is 3.36. The number of phenolic OH excluding ortho intramolecular Hbond substituents is 1. The molecule has 1 amide bonds. The van der Waals surface area contributed by atoms with Gasteiger partial charge in [0.2, 0.25) is 0 Å². The Morgan fingerprint density at radius 3 is 2.60 bits per heavy atom. The van der Waals surface area contributed by atoms with Gasteiger partial charge in [0.25, 0.3) is 5.91 Å². The summed E-state index contributed by atoms with van der Waals surface area (Å²) in [6.07, 6.45) is -0.771. The molecule has 0 aliphatic heterocycles. The highest BCUT2D eigenvalue weighted by Gasteiger charge is 2.13. The highest BCUT2D eigenvalue weighted by molar-refractivity contribution is 5.97. The normalized spacial score (nSPS) is 11.9. The van der Waals surface area contributed by atoms with E-state index in [1.807, 2.05) is 25.1 Å². The van der Waals surface area contributed by atoms with Gasteiger partial charge in [-0.3, -0.25) is 4.79 Å². The lowest BCUT2D eigenvalue weighted by molar-refractivity contribution is 0.0913. The fourth-order valence-electron chi connectivity index (χ4n) is 1.91. The van der Waals surface area contributed by atoms with Crippen molar-refractivity contribution >= 4 is 5.91 Å². The smallest absolute Gasteiger partial charge is 0.255 e. The van der Waals surface area contributed by atoms with Crippen molar-refractivity contribution in [1.29, 1.82) is 0 Å². The minimum absolute atomic E-state index is 0.0673. The third-order valence-electron chi connectivity index (χ3n) is 3.04. The second-order valence-electron chi connectivity index (χ2n) is 4.66. The number of rotatable bonds is 4. The number of benzene rings is 2. The number of aliphatic hydroxyl groups excluding tert-OH is 1. The fourth-order valence-corrected chi connectivity index (χ4v) is 1.91. The zero-order chi connectivity index (χ0) is 14.5. The average molecular weight is 271 g/mol. The molecule has 2 rings (SSSR count). The summed E-state index contributed by atoms with van der Waals surface area (Å²) in [7, 11) is 0. The maximum Gasteiger partial charge on any atom is 0.255 e. The van der Waals surface area contributed by atoms with Crippen LogP contribution >= 0.6 is 0 Å². The minimum atomic E-state index is -0.771. The van der Waals surface area contributed by atoms with E-state index in [0.29, 0.717) is 0 Å². The molecule has 0 saturated heterocycles. The molecule has 1 atom stereocenters. The van der Waals surface area contributed by atoms with Gasteiger partial charge in [0.15, 0.2) is 0 Å². The van der Waals surface area contributed by atoms with Gasteiger partial charge >= 0.3 is 0 Å². The average Bonchev–Trinajstić information content (AvgIpc) is 2.47. The van der Waals surface area contributed by atoms with Gasteiger partial charge in [-0.15, -0.1) is 0 Å². The van der Waals surface area contributed by atoms with E-state index in [9.17, 15) is 15.0 Å². The monoisotopic (exact) mass is 271 g/mol. The van der Waals surface area contributed by atoms with E-state index < -0.39 is 12.0 Å². The molecular weight excluding hydrogens is 254 g/mol. The van der Waals surface area contributed by atoms with Crippen molar-refractivity contribution in [3.05, 3.63) is 65.2 Å². The van der Waals surface area contributed by atoms with Crippen LogP contribution in [0.25, 0.3) is 0 Å². The van der Waals surface area contributed by atoms with Crippen molar-refractivity contribution in [2.45, 2.75) is 13.0 Å². The van der Waals surface area contributed by atoms with Crippen LogP contribution in [-0.4, -0.2) is 22.7 Å². The molecule has 0 heterocycles. The second kappa shape index (κ2) is 6.21. The van der Waals surface area contributed by atoms with E-state index in [1.54, 1.807) is 24.3 Å². The van der Waals surface area contributed by atoms with Crippen LogP contribution in [0.3, 0.4) is 0 Å². The van der Waals surface area contributed by atoms with Gasteiger partial charge in [0.1, 0.15) is 5.75 Å². The maximum absolute atomic E-state index is 12.0. The molecular formula is C16H17NO3. The molecule has 0 radical (unpaired) electrons. The molecule has 3 N–H and O–H groups in total. The largest absolute Gasteiger partial charge is 0.507 e. The van der Waals surface area contributed by atoms with Crippen LogP contribution in [0.15, 0.2) is 48.5 Å². The number of aromatic hydroxyl groups is 1. The summed E-state index contributed by atoms with van der Waals surface area (Å²) >= 11 is 0. The number of aliphatic hydroxyl groups is 1. The zero-order valence-electron chi connectivity index (χ0n) is 11.2. The van der Waals surface area contributed by atoms with Crippen LogP contribution in [0, 0.1) is 6.92 Å². The number of nitrogens with one attached hydrogen (secondary N) is 1. The van der Waals surface area contributed by atoms with Crippen LogP contribution in [0.1, 0.15) is 27.6 Å². The summed E-state index contributed by atoms with van der Waals surface area (Å²) in [5.41, 5.74) is 1.84. The molecule has 104 valence electrons. The van der Waals surface area contributed by atoms with Crippen LogP contribution in [0.5, 0.6) is 5.75 Å². The summed E-state index contributed by atoms with van der Waals surface area (Å²) in [5, 5.41) is 22.2. The molecule has 0 fully saturated rings. The number of amides is 1. The highest BCUT2D eigenvalue weighted by Crippen LogP contribution is 2.18. The van der Waals surface area contributed by atoms with E-state index in [4.69, 9.17) is 0 Å². The molecule has 2 aromatic carbocycles. The van der Waals surface area contributed by atoms with Crippen molar-refractivity contribution in [2.24, 2.45) is 0 Å². The Bertz CT molecular complexity index is 596. The van der Waals surface area contributed by atoms with E-state index in [-0.39, 0.29) is 17.9 Å². The van der Waals surface area contributed by atoms with E-state index in [0.717, 1.165) is 11.1 Å². The van der Waals surface area contributed by atoms with Crippen molar-refractivity contribution in [3.63, 3.8) is 0 Å². The quantitative estimate of drug-likeness (QED) is 0.798. The standard InChI is InChI=1S/C16H17NO3/c1-11-7-8-14(18)13(9-11)16(20)17-10-15(19)12-5-3-2-4-6-12/h2-9,15,18-19H,10H2,1H3,(H,17,20). The molecule has 0 bridgehead atoms. The maximum atomic E-state index is 12.0. The fraction of sp³-hybridized carbons (Fsp3) is 0.188. The minimum Gasteiger partial charge on any atom is -0.507 e. The van der Waals surface area contributed by atoms with Gasteiger partial charge in [-0.25, -0.2) is 0 Å². The van der Waals surface area contributed by atoms with Crippen LogP contribution in [-0.2, 0) is 0 Å². The van der Waals surface area contributed by atoms with Crippen molar-refractivity contribution in [2.75, 3.05) is 6.54 Å². The summed E-state index contributed by atoms with van der Waals surface area (Å²) in [4.78, 5) is 12.0. The molecule has 0 aromatic heterocycles. The molecule has 2 aromatic rings. The summed E-state index contributed by atoms with van der Waals surface area (Å²) < 4.78 is 0. The summed E-state index contributed by atoms with van der Waals surface area (Å²) in [6.45, 7) is 1.94.